The van der Waals surface area contributed by atoms with E-state index >= 15 is 0 Å². The van der Waals surface area contributed by atoms with E-state index in [0.29, 0.717) is 0 Å². The molecule has 2 nitrogen and oxygen atoms in total. The van der Waals surface area contributed by atoms with Crippen LogP contribution in [0.5, 0.6) is 0 Å². The molecule has 98 valence electrons. The third-order valence-corrected chi connectivity index (χ3v) is 3.75. The smallest absolute Gasteiger partial charge is 0.125 e. The molecule has 0 radical (unpaired) electrons. The van der Waals surface area contributed by atoms with Crippen LogP contribution in [-0.4, -0.2) is 11.7 Å². The van der Waals surface area contributed by atoms with Crippen molar-refractivity contribution < 1.29 is 9.50 Å². The van der Waals surface area contributed by atoms with Gasteiger partial charge in [-0.3, -0.25) is 0 Å². The summed E-state index contributed by atoms with van der Waals surface area (Å²) < 4.78 is 13.4. The van der Waals surface area contributed by atoms with Crippen molar-refractivity contribution in [3.63, 3.8) is 0 Å². The van der Waals surface area contributed by atoms with Crippen LogP contribution in [0.1, 0.15) is 16.7 Å². The zero-order valence-corrected chi connectivity index (χ0v) is 10.9. The van der Waals surface area contributed by atoms with E-state index < -0.39 is 0 Å². The summed E-state index contributed by atoms with van der Waals surface area (Å²) in [7, 11) is 0. The fourth-order valence-electron chi connectivity index (χ4n) is 2.65. The number of aliphatic hydroxyl groups excluding tert-OH is 1. The molecule has 0 aromatic heterocycles. The maximum absolute atomic E-state index is 13.4. The summed E-state index contributed by atoms with van der Waals surface area (Å²) in [5.41, 5.74) is 5.19. The van der Waals surface area contributed by atoms with Gasteiger partial charge in [0.25, 0.3) is 0 Å². The summed E-state index contributed by atoms with van der Waals surface area (Å²) in [4.78, 5) is 2.13. The molecule has 1 aliphatic heterocycles. The van der Waals surface area contributed by atoms with Gasteiger partial charge in [-0.05, 0) is 54.3 Å². The Morgan fingerprint density at radius 1 is 1.21 bits per heavy atom. The maximum Gasteiger partial charge on any atom is 0.125 e. The first-order valence-electron chi connectivity index (χ1n) is 6.45. The molecule has 2 aromatic rings. The zero-order chi connectivity index (χ0) is 13.4. The number of benzene rings is 2. The van der Waals surface area contributed by atoms with E-state index in [1.54, 1.807) is 6.07 Å². The van der Waals surface area contributed by atoms with Crippen molar-refractivity contribution in [2.45, 2.75) is 20.0 Å². The van der Waals surface area contributed by atoms with Crippen LogP contribution < -0.4 is 4.90 Å². The second kappa shape index (κ2) is 4.67. The van der Waals surface area contributed by atoms with Gasteiger partial charge in [0.2, 0.25) is 0 Å². The molecule has 0 amide bonds. The molecule has 0 saturated heterocycles. The standard InChI is InChI=1S/C16H16FNO/c1-11-8-15(5-3-13(11)10-19)18-7-6-12-2-4-14(17)9-16(12)18/h2-5,8-9,19H,6-7,10H2,1H3. The minimum atomic E-state index is -0.200. The molecule has 1 aliphatic rings. The highest BCUT2D eigenvalue weighted by Gasteiger charge is 2.21. The van der Waals surface area contributed by atoms with Crippen LogP contribution in [0.15, 0.2) is 36.4 Å². The number of rotatable bonds is 2. The van der Waals surface area contributed by atoms with Crippen LogP contribution in [0.25, 0.3) is 0 Å². The third kappa shape index (κ3) is 2.10. The van der Waals surface area contributed by atoms with Gasteiger partial charge in [0.1, 0.15) is 5.82 Å². The van der Waals surface area contributed by atoms with Crippen molar-refractivity contribution in [1.82, 2.24) is 0 Å². The molecule has 0 aliphatic carbocycles. The molecule has 0 atom stereocenters. The van der Waals surface area contributed by atoms with E-state index in [1.807, 2.05) is 31.2 Å². The summed E-state index contributed by atoms with van der Waals surface area (Å²) in [5.74, 6) is -0.200. The Morgan fingerprint density at radius 2 is 2.05 bits per heavy atom. The Bertz CT molecular complexity index is 624. The van der Waals surface area contributed by atoms with E-state index in [2.05, 4.69) is 4.90 Å². The molecule has 0 bridgehead atoms. The van der Waals surface area contributed by atoms with Crippen LogP contribution in [0.3, 0.4) is 0 Å². The van der Waals surface area contributed by atoms with E-state index in [4.69, 9.17) is 0 Å². The van der Waals surface area contributed by atoms with Gasteiger partial charge in [-0.15, -0.1) is 0 Å². The number of aryl methyl sites for hydroxylation is 1. The highest BCUT2D eigenvalue weighted by molar-refractivity contribution is 5.70. The Morgan fingerprint density at radius 3 is 2.79 bits per heavy atom. The van der Waals surface area contributed by atoms with Crippen LogP contribution in [-0.2, 0) is 13.0 Å². The number of fused-ring (bicyclic) bond motifs is 1. The summed E-state index contributed by atoms with van der Waals surface area (Å²) in [6.45, 7) is 2.91. The number of aliphatic hydroxyl groups is 1. The van der Waals surface area contributed by atoms with Crippen molar-refractivity contribution >= 4 is 11.4 Å². The first-order chi connectivity index (χ1) is 9.19. The Hall–Kier alpha value is -1.87. The van der Waals surface area contributed by atoms with Gasteiger partial charge in [0.15, 0.2) is 0 Å². The summed E-state index contributed by atoms with van der Waals surface area (Å²) in [5, 5.41) is 9.21. The average Bonchev–Trinajstić information content (AvgIpc) is 2.81. The van der Waals surface area contributed by atoms with Gasteiger partial charge in [-0.25, -0.2) is 4.39 Å². The predicted molar refractivity (Wildman–Crippen MR) is 74.2 cm³/mol. The SMILES string of the molecule is Cc1cc(N2CCc3ccc(F)cc32)ccc1CO. The molecular weight excluding hydrogens is 241 g/mol. The molecule has 0 spiro atoms. The van der Waals surface area contributed by atoms with Crippen molar-refractivity contribution in [3.05, 3.63) is 58.9 Å². The summed E-state index contributed by atoms with van der Waals surface area (Å²) in [6.07, 6.45) is 0.941. The van der Waals surface area contributed by atoms with E-state index in [0.717, 1.165) is 35.5 Å². The second-order valence-corrected chi connectivity index (χ2v) is 4.94. The fraction of sp³-hybridized carbons (Fsp3) is 0.250. The van der Waals surface area contributed by atoms with Crippen molar-refractivity contribution in [2.24, 2.45) is 0 Å². The Kier molecular flexibility index (Phi) is 2.99. The molecule has 0 fully saturated rings. The number of hydrogen-bond acceptors (Lipinski definition) is 2. The average molecular weight is 257 g/mol. The fourth-order valence-corrected chi connectivity index (χ4v) is 2.65. The highest BCUT2D eigenvalue weighted by Crippen LogP contribution is 2.35. The molecular formula is C16H16FNO. The van der Waals surface area contributed by atoms with Crippen molar-refractivity contribution in [2.75, 3.05) is 11.4 Å². The van der Waals surface area contributed by atoms with E-state index in [9.17, 15) is 9.50 Å². The minimum absolute atomic E-state index is 0.0529. The molecule has 3 rings (SSSR count). The van der Waals surface area contributed by atoms with Crippen LogP contribution in [0, 0.1) is 12.7 Å². The van der Waals surface area contributed by atoms with Crippen LogP contribution in [0.2, 0.25) is 0 Å². The molecule has 0 unspecified atom stereocenters. The third-order valence-electron chi connectivity index (χ3n) is 3.75. The number of hydrogen-bond donors (Lipinski definition) is 1. The van der Waals surface area contributed by atoms with Crippen LogP contribution >= 0.6 is 0 Å². The van der Waals surface area contributed by atoms with Crippen molar-refractivity contribution in [1.29, 1.82) is 0 Å². The lowest BCUT2D eigenvalue weighted by molar-refractivity contribution is 0.281. The van der Waals surface area contributed by atoms with Gasteiger partial charge in [0, 0.05) is 17.9 Å². The van der Waals surface area contributed by atoms with Crippen molar-refractivity contribution in [3.8, 4) is 0 Å². The van der Waals surface area contributed by atoms with E-state index in [-0.39, 0.29) is 12.4 Å². The zero-order valence-electron chi connectivity index (χ0n) is 10.9. The Labute approximate surface area is 112 Å². The monoisotopic (exact) mass is 257 g/mol. The number of halogens is 1. The summed E-state index contributed by atoms with van der Waals surface area (Å²) in [6, 6.07) is 10.9. The van der Waals surface area contributed by atoms with Crippen LogP contribution in [0.4, 0.5) is 15.8 Å². The highest BCUT2D eigenvalue weighted by atomic mass is 19.1. The topological polar surface area (TPSA) is 23.5 Å². The lowest BCUT2D eigenvalue weighted by atomic mass is 10.1. The number of anilines is 2. The first-order valence-corrected chi connectivity index (χ1v) is 6.45. The Balaban J connectivity index is 2.01. The largest absolute Gasteiger partial charge is 0.392 e. The second-order valence-electron chi connectivity index (χ2n) is 4.94. The normalized spacial score (nSPS) is 13.7. The van der Waals surface area contributed by atoms with E-state index in [1.165, 1.54) is 11.6 Å². The molecule has 3 heteroatoms. The van der Waals surface area contributed by atoms with Gasteiger partial charge in [0.05, 0.1) is 6.61 Å². The molecule has 1 N–H and O–H groups in total. The lowest BCUT2D eigenvalue weighted by Crippen LogP contribution is -2.13. The first kappa shape index (κ1) is 12.2. The molecule has 2 aromatic carbocycles. The predicted octanol–water partition coefficient (Wildman–Crippen LogP) is 3.32. The van der Waals surface area contributed by atoms with Gasteiger partial charge < -0.3 is 10.0 Å². The summed E-state index contributed by atoms with van der Waals surface area (Å²) >= 11 is 0. The number of nitrogens with zero attached hydrogens (tertiary/aromatic N) is 1. The minimum Gasteiger partial charge on any atom is -0.392 e. The molecule has 0 saturated carbocycles. The van der Waals surface area contributed by atoms with Gasteiger partial charge >= 0.3 is 0 Å². The quantitative estimate of drug-likeness (QED) is 0.892. The lowest BCUT2D eigenvalue weighted by Gasteiger charge is -2.20. The molecule has 19 heavy (non-hydrogen) atoms. The van der Waals surface area contributed by atoms with Gasteiger partial charge in [-0.1, -0.05) is 12.1 Å². The van der Waals surface area contributed by atoms with Gasteiger partial charge in [-0.2, -0.15) is 0 Å². The maximum atomic E-state index is 13.4. The molecule has 1 heterocycles.